The second-order valence-corrected chi connectivity index (χ2v) is 6.53. The monoisotopic (exact) mass is 346 g/mol. The van der Waals surface area contributed by atoms with Gasteiger partial charge in [-0.2, -0.15) is 0 Å². The lowest BCUT2D eigenvalue weighted by atomic mass is 9.95. The van der Waals surface area contributed by atoms with Crippen molar-refractivity contribution in [2.45, 2.75) is 18.9 Å². The van der Waals surface area contributed by atoms with E-state index in [1.54, 1.807) is 18.2 Å². The Balaban J connectivity index is 1.88. The van der Waals surface area contributed by atoms with E-state index in [-0.39, 0.29) is 17.6 Å². The maximum Gasteiger partial charge on any atom is 0.225 e. The van der Waals surface area contributed by atoms with Crippen molar-refractivity contribution in [2.24, 2.45) is 5.92 Å². The Bertz CT molecular complexity index is 671. The summed E-state index contributed by atoms with van der Waals surface area (Å²) in [7, 11) is 0. The molecule has 1 aliphatic heterocycles. The molecule has 0 spiro atoms. The Morgan fingerprint density at radius 2 is 1.96 bits per heavy atom. The fourth-order valence-corrected chi connectivity index (χ4v) is 3.27. The summed E-state index contributed by atoms with van der Waals surface area (Å²) in [6, 6.07) is 13.2. The van der Waals surface area contributed by atoms with Crippen molar-refractivity contribution in [1.82, 2.24) is 10.6 Å². The van der Waals surface area contributed by atoms with Gasteiger partial charge in [-0.3, -0.25) is 4.79 Å². The average molecular weight is 347 g/mol. The van der Waals surface area contributed by atoms with Crippen molar-refractivity contribution in [2.75, 3.05) is 13.1 Å². The highest BCUT2D eigenvalue weighted by Gasteiger charge is 2.25. The van der Waals surface area contributed by atoms with Gasteiger partial charge < -0.3 is 10.6 Å². The number of rotatable bonds is 4. The van der Waals surface area contributed by atoms with Gasteiger partial charge in [0.1, 0.15) is 5.82 Å². The van der Waals surface area contributed by atoms with Crippen LogP contribution >= 0.6 is 11.6 Å². The molecule has 0 saturated carbocycles. The topological polar surface area (TPSA) is 41.1 Å². The Kier molecular flexibility index (Phi) is 5.48. The number of halogens is 2. The molecule has 5 heteroatoms. The van der Waals surface area contributed by atoms with Gasteiger partial charge >= 0.3 is 0 Å². The number of piperidine rings is 1. The Morgan fingerprint density at radius 1 is 1.21 bits per heavy atom. The van der Waals surface area contributed by atoms with Crippen LogP contribution in [0.2, 0.25) is 5.02 Å². The van der Waals surface area contributed by atoms with Crippen molar-refractivity contribution in [1.29, 1.82) is 0 Å². The van der Waals surface area contributed by atoms with Crippen molar-refractivity contribution in [3.8, 4) is 0 Å². The highest BCUT2D eigenvalue weighted by molar-refractivity contribution is 6.30. The van der Waals surface area contributed by atoms with Crippen LogP contribution in [-0.4, -0.2) is 19.0 Å². The third-order valence-corrected chi connectivity index (χ3v) is 4.55. The minimum absolute atomic E-state index is 0.0172. The number of hydrogen-bond acceptors (Lipinski definition) is 2. The molecule has 0 aromatic heterocycles. The standard InChI is InChI=1S/C19H20ClFN2O/c20-16-7-1-4-13(10-16)18(14-5-2-8-17(21)11-14)23-19(24)15-6-3-9-22-12-15/h1-2,4-5,7-8,10-11,15,18,22H,3,6,9,12H2,(H,23,24). The highest BCUT2D eigenvalue weighted by atomic mass is 35.5. The third kappa shape index (κ3) is 4.13. The molecule has 1 aliphatic rings. The fraction of sp³-hybridized carbons (Fsp3) is 0.316. The summed E-state index contributed by atoms with van der Waals surface area (Å²) in [6.45, 7) is 1.63. The Labute approximate surface area is 146 Å². The van der Waals surface area contributed by atoms with Gasteiger partial charge in [-0.25, -0.2) is 4.39 Å². The van der Waals surface area contributed by atoms with E-state index in [9.17, 15) is 9.18 Å². The molecule has 2 aromatic rings. The van der Waals surface area contributed by atoms with E-state index < -0.39 is 6.04 Å². The van der Waals surface area contributed by atoms with E-state index in [0.29, 0.717) is 17.1 Å². The summed E-state index contributed by atoms with van der Waals surface area (Å²) in [5.41, 5.74) is 1.54. The zero-order valence-corrected chi connectivity index (χ0v) is 14.0. The summed E-state index contributed by atoms with van der Waals surface area (Å²) in [4.78, 5) is 12.6. The molecular formula is C19H20ClFN2O. The van der Waals surface area contributed by atoms with Crippen LogP contribution < -0.4 is 10.6 Å². The molecule has 3 nitrogen and oxygen atoms in total. The third-order valence-electron chi connectivity index (χ3n) is 4.32. The van der Waals surface area contributed by atoms with E-state index in [0.717, 1.165) is 24.9 Å². The van der Waals surface area contributed by atoms with Gasteiger partial charge in [0.15, 0.2) is 0 Å². The van der Waals surface area contributed by atoms with Gasteiger partial charge in [-0.1, -0.05) is 35.9 Å². The second kappa shape index (κ2) is 7.77. The molecule has 1 heterocycles. The van der Waals surface area contributed by atoms with E-state index in [2.05, 4.69) is 10.6 Å². The summed E-state index contributed by atoms with van der Waals surface area (Å²) in [6.07, 6.45) is 1.85. The van der Waals surface area contributed by atoms with Crippen molar-refractivity contribution < 1.29 is 9.18 Å². The number of amides is 1. The zero-order valence-electron chi connectivity index (χ0n) is 13.3. The molecule has 0 radical (unpaired) electrons. The summed E-state index contributed by atoms with van der Waals surface area (Å²) >= 11 is 6.10. The second-order valence-electron chi connectivity index (χ2n) is 6.09. The molecule has 0 bridgehead atoms. The van der Waals surface area contributed by atoms with Gasteiger partial charge in [0.05, 0.1) is 12.0 Å². The van der Waals surface area contributed by atoms with Crippen LogP contribution in [0.15, 0.2) is 48.5 Å². The molecular weight excluding hydrogens is 327 g/mol. The largest absolute Gasteiger partial charge is 0.345 e. The van der Waals surface area contributed by atoms with E-state index in [1.165, 1.54) is 12.1 Å². The smallest absolute Gasteiger partial charge is 0.225 e. The van der Waals surface area contributed by atoms with Gasteiger partial charge in [0.2, 0.25) is 5.91 Å². The Hall–Kier alpha value is -1.91. The molecule has 1 saturated heterocycles. The summed E-state index contributed by atoms with van der Waals surface area (Å²) in [5.74, 6) is -0.404. The van der Waals surface area contributed by atoms with Crippen LogP contribution in [0.3, 0.4) is 0 Å². The predicted octanol–water partition coefficient (Wildman–Crippen LogP) is 3.68. The van der Waals surface area contributed by atoms with E-state index >= 15 is 0 Å². The van der Waals surface area contributed by atoms with Crippen LogP contribution in [0.5, 0.6) is 0 Å². The van der Waals surface area contributed by atoms with Crippen molar-refractivity contribution in [3.63, 3.8) is 0 Å². The number of benzene rings is 2. The van der Waals surface area contributed by atoms with Gasteiger partial charge in [-0.15, -0.1) is 0 Å². The average Bonchev–Trinajstić information content (AvgIpc) is 2.60. The highest BCUT2D eigenvalue weighted by Crippen LogP contribution is 2.26. The molecule has 1 fully saturated rings. The predicted molar refractivity (Wildman–Crippen MR) is 93.4 cm³/mol. The lowest BCUT2D eigenvalue weighted by Gasteiger charge is -2.26. The first kappa shape index (κ1) is 16.9. The lowest BCUT2D eigenvalue weighted by Crippen LogP contribution is -2.42. The fourth-order valence-electron chi connectivity index (χ4n) is 3.07. The van der Waals surface area contributed by atoms with Gasteiger partial charge in [0.25, 0.3) is 0 Å². The molecule has 1 amide bonds. The van der Waals surface area contributed by atoms with Crippen LogP contribution in [0, 0.1) is 11.7 Å². The first-order chi connectivity index (χ1) is 11.6. The first-order valence-electron chi connectivity index (χ1n) is 8.15. The van der Waals surface area contributed by atoms with Gasteiger partial charge in [0, 0.05) is 11.6 Å². The molecule has 2 atom stereocenters. The van der Waals surface area contributed by atoms with Crippen molar-refractivity contribution in [3.05, 3.63) is 70.5 Å². The molecule has 0 aliphatic carbocycles. The minimum atomic E-state index is -0.422. The first-order valence-corrected chi connectivity index (χ1v) is 8.53. The summed E-state index contributed by atoms with van der Waals surface area (Å²) in [5, 5.41) is 6.90. The SMILES string of the molecule is O=C(NC(c1cccc(F)c1)c1cccc(Cl)c1)C1CCCNC1. The normalized spacial score (nSPS) is 18.8. The van der Waals surface area contributed by atoms with E-state index in [4.69, 9.17) is 11.6 Å². The number of carbonyl (C=O) groups excluding carboxylic acids is 1. The van der Waals surface area contributed by atoms with E-state index in [1.807, 2.05) is 18.2 Å². The quantitative estimate of drug-likeness (QED) is 0.886. The maximum atomic E-state index is 13.7. The summed E-state index contributed by atoms with van der Waals surface area (Å²) < 4.78 is 13.7. The van der Waals surface area contributed by atoms with Crippen LogP contribution in [0.25, 0.3) is 0 Å². The lowest BCUT2D eigenvalue weighted by molar-refractivity contribution is -0.126. The number of hydrogen-bond donors (Lipinski definition) is 2. The van der Waals surface area contributed by atoms with Crippen molar-refractivity contribution >= 4 is 17.5 Å². The number of carbonyl (C=O) groups is 1. The van der Waals surface area contributed by atoms with Crippen LogP contribution in [0.4, 0.5) is 4.39 Å². The molecule has 24 heavy (non-hydrogen) atoms. The van der Waals surface area contributed by atoms with Gasteiger partial charge in [-0.05, 0) is 54.8 Å². The van der Waals surface area contributed by atoms with Crippen LogP contribution in [-0.2, 0) is 4.79 Å². The Morgan fingerprint density at radius 3 is 2.62 bits per heavy atom. The number of nitrogens with one attached hydrogen (secondary N) is 2. The van der Waals surface area contributed by atoms with Crippen LogP contribution in [0.1, 0.15) is 30.0 Å². The minimum Gasteiger partial charge on any atom is -0.345 e. The molecule has 2 N–H and O–H groups in total. The molecule has 126 valence electrons. The molecule has 3 rings (SSSR count). The molecule has 2 aromatic carbocycles. The molecule has 2 unspecified atom stereocenters. The zero-order chi connectivity index (χ0) is 16.9. The maximum absolute atomic E-state index is 13.7.